The van der Waals surface area contributed by atoms with Crippen molar-refractivity contribution in [3.05, 3.63) is 83.0 Å². The lowest BCUT2D eigenvalue weighted by atomic mass is 10.1. The molecule has 0 spiro atoms. The molecule has 0 aliphatic heterocycles. The Kier molecular flexibility index (Phi) is 5.43. The Bertz CT molecular complexity index is 1160. The topological polar surface area (TPSA) is 43.2 Å². The predicted molar refractivity (Wildman–Crippen MR) is 118 cm³/mol. The molecule has 29 heavy (non-hydrogen) atoms. The second kappa shape index (κ2) is 8.15. The molecule has 1 heterocycles. The first kappa shape index (κ1) is 19.3. The fourth-order valence-corrected chi connectivity index (χ4v) is 3.52. The average Bonchev–Trinajstić information content (AvgIpc) is 3.20. The van der Waals surface area contributed by atoms with Crippen molar-refractivity contribution in [1.82, 2.24) is 15.0 Å². The SMILES string of the molecule is CN(C)c1ccccc1-c1cnnn1-c1ccccc1Oc1ccc(Cl)cc1Cl. The normalized spacial score (nSPS) is 10.8. The van der Waals surface area contributed by atoms with Gasteiger partial charge in [0.2, 0.25) is 0 Å². The summed E-state index contributed by atoms with van der Waals surface area (Å²) in [5.41, 5.74) is 3.68. The number of benzene rings is 3. The largest absolute Gasteiger partial charge is 0.454 e. The standard InChI is InChI=1S/C22H18Cl2N4O/c1-27(2)18-8-4-3-7-16(18)20-14-25-26-28(20)19-9-5-6-10-22(19)29-21-12-11-15(23)13-17(21)24/h3-14H,1-2H3. The highest BCUT2D eigenvalue weighted by molar-refractivity contribution is 6.35. The van der Waals surface area contributed by atoms with E-state index < -0.39 is 0 Å². The lowest BCUT2D eigenvalue weighted by Gasteiger charge is -2.18. The second-order valence-corrected chi connectivity index (χ2v) is 7.43. The van der Waals surface area contributed by atoms with E-state index in [1.807, 2.05) is 56.6 Å². The van der Waals surface area contributed by atoms with Gasteiger partial charge < -0.3 is 9.64 Å². The molecule has 0 aliphatic carbocycles. The molecule has 0 N–H and O–H groups in total. The number of hydrogen-bond acceptors (Lipinski definition) is 4. The molecule has 7 heteroatoms. The van der Waals surface area contributed by atoms with Crippen LogP contribution in [-0.2, 0) is 0 Å². The summed E-state index contributed by atoms with van der Waals surface area (Å²) in [5, 5.41) is 9.45. The maximum absolute atomic E-state index is 6.29. The summed E-state index contributed by atoms with van der Waals surface area (Å²) < 4.78 is 7.86. The Hall–Kier alpha value is -3.02. The summed E-state index contributed by atoms with van der Waals surface area (Å²) in [6.07, 6.45) is 1.74. The molecule has 1 aromatic heterocycles. The summed E-state index contributed by atoms with van der Waals surface area (Å²) in [6.45, 7) is 0. The highest BCUT2D eigenvalue weighted by Gasteiger charge is 2.17. The molecule has 0 radical (unpaired) electrons. The minimum absolute atomic E-state index is 0.434. The van der Waals surface area contributed by atoms with Gasteiger partial charge in [-0.2, -0.15) is 0 Å². The number of nitrogens with zero attached hydrogens (tertiary/aromatic N) is 4. The van der Waals surface area contributed by atoms with Gasteiger partial charge in [0.15, 0.2) is 5.75 Å². The van der Waals surface area contributed by atoms with E-state index >= 15 is 0 Å². The third-order valence-corrected chi connectivity index (χ3v) is 4.95. The van der Waals surface area contributed by atoms with Crippen LogP contribution in [0.3, 0.4) is 0 Å². The average molecular weight is 425 g/mol. The van der Waals surface area contributed by atoms with Crippen molar-refractivity contribution in [3.8, 4) is 28.4 Å². The maximum atomic E-state index is 6.29. The van der Waals surface area contributed by atoms with Gasteiger partial charge in [-0.1, -0.05) is 58.7 Å². The van der Waals surface area contributed by atoms with E-state index in [0.29, 0.717) is 21.5 Å². The molecule has 0 unspecified atom stereocenters. The van der Waals surface area contributed by atoms with Crippen molar-refractivity contribution in [1.29, 1.82) is 0 Å². The van der Waals surface area contributed by atoms with Crippen LogP contribution >= 0.6 is 23.2 Å². The van der Waals surface area contributed by atoms with Crippen LogP contribution in [0.1, 0.15) is 0 Å². The van der Waals surface area contributed by atoms with E-state index in [-0.39, 0.29) is 0 Å². The Morgan fingerprint density at radius 3 is 2.45 bits per heavy atom. The van der Waals surface area contributed by atoms with Gasteiger partial charge in [0.25, 0.3) is 0 Å². The fraction of sp³-hybridized carbons (Fsp3) is 0.0909. The van der Waals surface area contributed by atoms with Gasteiger partial charge in [-0.05, 0) is 36.4 Å². The van der Waals surface area contributed by atoms with Crippen molar-refractivity contribution < 1.29 is 4.74 Å². The highest BCUT2D eigenvalue weighted by Crippen LogP contribution is 2.36. The number of ether oxygens (including phenoxy) is 1. The van der Waals surface area contributed by atoms with Crippen LogP contribution in [0.25, 0.3) is 16.9 Å². The van der Waals surface area contributed by atoms with E-state index in [1.165, 1.54) is 0 Å². The zero-order valence-corrected chi connectivity index (χ0v) is 17.4. The minimum atomic E-state index is 0.434. The molecule has 0 aliphatic rings. The van der Waals surface area contributed by atoms with E-state index in [1.54, 1.807) is 29.1 Å². The van der Waals surface area contributed by atoms with Gasteiger partial charge in [-0.15, -0.1) is 5.10 Å². The smallest absolute Gasteiger partial charge is 0.153 e. The molecule has 3 aromatic carbocycles. The molecule has 4 rings (SSSR count). The third kappa shape index (κ3) is 3.92. The summed E-state index contributed by atoms with van der Waals surface area (Å²) in [6, 6.07) is 20.8. The molecular formula is C22H18Cl2N4O. The van der Waals surface area contributed by atoms with Crippen molar-refractivity contribution in [2.75, 3.05) is 19.0 Å². The van der Waals surface area contributed by atoms with Crippen LogP contribution in [0, 0.1) is 0 Å². The number of halogens is 2. The molecule has 0 saturated heterocycles. The quantitative estimate of drug-likeness (QED) is 0.388. The Balaban J connectivity index is 1.80. The number of rotatable bonds is 5. The van der Waals surface area contributed by atoms with E-state index in [4.69, 9.17) is 27.9 Å². The van der Waals surface area contributed by atoms with Crippen LogP contribution in [-0.4, -0.2) is 29.1 Å². The summed E-state index contributed by atoms with van der Waals surface area (Å²) in [4.78, 5) is 2.06. The number of aromatic nitrogens is 3. The third-order valence-electron chi connectivity index (χ3n) is 4.42. The van der Waals surface area contributed by atoms with E-state index in [9.17, 15) is 0 Å². The van der Waals surface area contributed by atoms with Gasteiger partial charge in [-0.25, -0.2) is 4.68 Å². The van der Waals surface area contributed by atoms with E-state index in [2.05, 4.69) is 21.3 Å². The number of anilines is 1. The fourth-order valence-electron chi connectivity index (χ4n) is 3.07. The van der Waals surface area contributed by atoms with Crippen molar-refractivity contribution in [3.63, 3.8) is 0 Å². The van der Waals surface area contributed by atoms with Gasteiger partial charge in [-0.3, -0.25) is 0 Å². The molecule has 0 atom stereocenters. The number of para-hydroxylation sites is 3. The van der Waals surface area contributed by atoms with Crippen LogP contribution in [0.15, 0.2) is 72.9 Å². The molecule has 0 fully saturated rings. The second-order valence-electron chi connectivity index (χ2n) is 6.59. The molecule has 0 bridgehead atoms. The van der Waals surface area contributed by atoms with E-state index in [0.717, 1.165) is 22.6 Å². The van der Waals surface area contributed by atoms with Gasteiger partial charge in [0.1, 0.15) is 11.4 Å². The Morgan fingerprint density at radius 1 is 0.897 bits per heavy atom. The van der Waals surface area contributed by atoms with Crippen LogP contribution in [0.2, 0.25) is 10.0 Å². The predicted octanol–water partition coefficient (Wildman–Crippen LogP) is 6.10. The van der Waals surface area contributed by atoms with Crippen LogP contribution in [0.4, 0.5) is 5.69 Å². The molecular weight excluding hydrogens is 407 g/mol. The lowest BCUT2D eigenvalue weighted by molar-refractivity contribution is 0.478. The van der Waals surface area contributed by atoms with Crippen LogP contribution in [0.5, 0.6) is 11.5 Å². The van der Waals surface area contributed by atoms with Crippen molar-refractivity contribution in [2.24, 2.45) is 0 Å². The molecule has 0 saturated carbocycles. The lowest BCUT2D eigenvalue weighted by Crippen LogP contribution is -2.11. The minimum Gasteiger partial charge on any atom is -0.454 e. The zero-order valence-electron chi connectivity index (χ0n) is 15.9. The molecule has 5 nitrogen and oxygen atoms in total. The summed E-state index contributed by atoms with van der Waals surface area (Å²) in [7, 11) is 4.01. The maximum Gasteiger partial charge on any atom is 0.153 e. The Morgan fingerprint density at radius 2 is 1.66 bits per heavy atom. The first-order chi connectivity index (χ1) is 14.0. The number of hydrogen-bond donors (Lipinski definition) is 0. The molecule has 146 valence electrons. The van der Waals surface area contributed by atoms with Crippen LogP contribution < -0.4 is 9.64 Å². The summed E-state index contributed by atoms with van der Waals surface area (Å²) >= 11 is 12.3. The first-order valence-corrected chi connectivity index (χ1v) is 9.70. The van der Waals surface area contributed by atoms with Crippen molar-refractivity contribution in [2.45, 2.75) is 0 Å². The highest BCUT2D eigenvalue weighted by atomic mass is 35.5. The van der Waals surface area contributed by atoms with Gasteiger partial charge in [0, 0.05) is 30.4 Å². The van der Waals surface area contributed by atoms with Gasteiger partial charge >= 0.3 is 0 Å². The van der Waals surface area contributed by atoms with Gasteiger partial charge in [0.05, 0.1) is 16.9 Å². The monoisotopic (exact) mass is 424 g/mol. The summed E-state index contributed by atoms with van der Waals surface area (Å²) in [5.74, 6) is 1.12. The Labute approximate surface area is 179 Å². The first-order valence-electron chi connectivity index (χ1n) is 8.94. The molecule has 4 aromatic rings. The zero-order chi connectivity index (χ0) is 20.4. The van der Waals surface area contributed by atoms with Crippen molar-refractivity contribution >= 4 is 28.9 Å². The molecule has 0 amide bonds.